The predicted molar refractivity (Wildman–Crippen MR) is 115 cm³/mol. The van der Waals surface area contributed by atoms with Crippen molar-refractivity contribution in [1.82, 2.24) is 4.90 Å². The van der Waals surface area contributed by atoms with Crippen LogP contribution in [0.3, 0.4) is 0 Å². The van der Waals surface area contributed by atoms with Crippen LogP contribution in [-0.4, -0.2) is 49.8 Å². The first kappa shape index (κ1) is 20.4. The number of hydrogen-bond donors (Lipinski definition) is 0. The Morgan fingerprint density at radius 3 is 2.43 bits per heavy atom. The van der Waals surface area contributed by atoms with E-state index in [9.17, 15) is 9.59 Å². The van der Waals surface area contributed by atoms with E-state index in [-0.39, 0.29) is 18.2 Å². The van der Waals surface area contributed by atoms with Gasteiger partial charge >= 0.3 is 12.1 Å². The summed E-state index contributed by atoms with van der Waals surface area (Å²) in [5.74, 6) is 0.0801. The Morgan fingerprint density at radius 2 is 1.83 bits per heavy atom. The number of amides is 1. The monoisotopic (exact) mass is 408 g/mol. The third-order valence-corrected chi connectivity index (χ3v) is 6.10. The second-order valence-corrected chi connectivity index (χ2v) is 8.17. The van der Waals surface area contributed by atoms with Crippen molar-refractivity contribution in [2.45, 2.75) is 32.4 Å². The van der Waals surface area contributed by atoms with Crippen molar-refractivity contribution in [1.29, 1.82) is 0 Å². The molecule has 0 aromatic heterocycles. The number of anilines is 1. The first-order valence-corrected chi connectivity index (χ1v) is 10.5. The first-order chi connectivity index (χ1) is 14.5. The molecule has 2 aromatic carbocycles. The van der Waals surface area contributed by atoms with Gasteiger partial charge in [-0.25, -0.2) is 9.59 Å². The van der Waals surface area contributed by atoms with Crippen LogP contribution < -0.4 is 4.90 Å². The Bertz CT molecular complexity index is 904. The number of carbonyl (C=O) groups is 2. The van der Waals surface area contributed by atoms with Gasteiger partial charge in [0.2, 0.25) is 0 Å². The number of fused-ring (bicyclic) bond motifs is 3. The summed E-state index contributed by atoms with van der Waals surface area (Å²) in [4.78, 5) is 29.0. The van der Waals surface area contributed by atoms with Crippen LogP contribution in [0.4, 0.5) is 10.5 Å². The molecule has 3 saturated heterocycles. The fraction of sp³-hybridized carbons (Fsp3) is 0.417. The Labute approximate surface area is 177 Å². The SMILES string of the molecule is COC(=O)c1ccc(CN(C(=O)O[C@H]2CN3CCC2CC3)c2cccc(C)c2)cc1. The fourth-order valence-electron chi connectivity index (χ4n) is 4.34. The van der Waals surface area contributed by atoms with Crippen molar-refractivity contribution in [3.63, 3.8) is 0 Å². The second kappa shape index (κ2) is 8.88. The number of ether oxygens (including phenoxy) is 2. The average molecular weight is 408 g/mol. The number of rotatable bonds is 5. The summed E-state index contributed by atoms with van der Waals surface area (Å²) in [5, 5.41) is 0. The maximum Gasteiger partial charge on any atom is 0.414 e. The largest absolute Gasteiger partial charge is 0.465 e. The van der Waals surface area contributed by atoms with E-state index in [1.807, 2.05) is 43.3 Å². The normalized spacial score (nSPS) is 22.4. The van der Waals surface area contributed by atoms with Gasteiger partial charge in [-0.1, -0.05) is 24.3 Å². The van der Waals surface area contributed by atoms with E-state index in [4.69, 9.17) is 9.47 Å². The molecule has 5 rings (SSSR count). The molecule has 0 aliphatic carbocycles. The fourth-order valence-corrected chi connectivity index (χ4v) is 4.34. The standard InChI is InChI=1S/C24H28N2O4/c1-17-4-3-5-21(14-17)26(15-18-6-8-20(9-7-18)23(27)29-2)24(28)30-22-16-25-12-10-19(22)11-13-25/h3-9,14,19,22H,10-13,15-16H2,1-2H3/t22-/m0/s1. The van der Waals surface area contributed by atoms with Crippen LogP contribution in [0.25, 0.3) is 0 Å². The van der Waals surface area contributed by atoms with Gasteiger partial charge in [0.1, 0.15) is 6.10 Å². The van der Waals surface area contributed by atoms with Crippen molar-refractivity contribution in [2.24, 2.45) is 5.92 Å². The molecule has 158 valence electrons. The van der Waals surface area contributed by atoms with Crippen LogP contribution in [0, 0.1) is 12.8 Å². The Morgan fingerprint density at radius 1 is 1.10 bits per heavy atom. The lowest BCUT2D eigenvalue weighted by Crippen LogP contribution is -2.53. The molecule has 0 spiro atoms. The number of benzene rings is 2. The molecule has 3 aliphatic rings. The summed E-state index contributed by atoms with van der Waals surface area (Å²) in [6, 6.07) is 15.0. The molecular weight excluding hydrogens is 380 g/mol. The molecule has 0 unspecified atom stereocenters. The van der Waals surface area contributed by atoms with Crippen molar-refractivity contribution in [2.75, 3.05) is 31.6 Å². The molecule has 3 aliphatic heterocycles. The number of piperidine rings is 3. The van der Waals surface area contributed by atoms with Gasteiger partial charge in [0.15, 0.2) is 0 Å². The third kappa shape index (κ3) is 4.49. The zero-order valence-corrected chi connectivity index (χ0v) is 17.5. The highest BCUT2D eigenvalue weighted by atomic mass is 16.6. The van der Waals surface area contributed by atoms with Gasteiger partial charge < -0.3 is 9.47 Å². The first-order valence-electron chi connectivity index (χ1n) is 10.5. The lowest BCUT2D eigenvalue weighted by Gasteiger charge is -2.44. The molecule has 0 radical (unpaired) electrons. The maximum absolute atomic E-state index is 13.2. The number of aryl methyl sites for hydroxylation is 1. The topological polar surface area (TPSA) is 59.1 Å². The molecule has 30 heavy (non-hydrogen) atoms. The molecule has 2 aromatic rings. The van der Waals surface area contributed by atoms with Gasteiger partial charge in [-0.15, -0.1) is 0 Å². The summed E-state index contributed by atoms with van der Waals surface area (Å²) in [5.41, 5.74) is 3.28. The van der Waals surface area contributed by atoms with Crippen LogP contribution in [0.1, 0.15) is 34.3 Å². The minimum atomic E-state index is -0.376. The Kier molecular flexibility index (Phi) is 6.04. The summed E-state index contributed by atoms with van der Waals surface area (Å²) in [6.07, 6.45) is 1.82. The molecule has 1 atom stereocenters. The Balaban J connectivity index is 1.53. The van der Waals surface area contributed by atoms with E-state index in [0.29, 0.717) is 18.0 Å². The highest BCUT2D eigenvalue weighted by molar-refractivity contribution is 5.90. The zero-order valence-electron chi connectivity index (χ0n) is 17.5. The van der Waals surface area contributed by atoms with Crippen molar-refractivity contribution >= 4 is 17.7 Å². The van der Waals surface area contributed by atoms with Crippen molar-refractivity contribution in [3.05, 3.63) is 65.2 Å². The zero-order chi connectivity index (χ0) is 21.1. The smallest absolute Gasteiger partial charge is 0.414 e. The number of hydrogen-bond acceptors (Lipinski definition) is 5. The highest BCUT2D eigenvalue weighted by Gasteiger charge is 2.37. The summed E-state index contributed by atoms with van der Waals surface area (Å²) in [6.45, 7) is 5.40. The number of esters is 1. The molecule has 3 heterocycles. The van der Waals surface area contributed by atoms with Crippen LogP contribution >= 0.6 is 0 Å². The third-order valence-electron chi connectivity index (χ3n) is 6.10. The van der Waals surface area contributed by atoms with Crippen LogP contribution in [0.15, 0.2) is 48.5 Å². The van der Waals surface area contributed by atoms with E-state index in [1.54, 1.807) is 17.0 Å². The van der Waals surface area contributed by atoms with E-state index in [2.05, 4.69) is 4.90 Å². The average Bonchev–Trinajstić information content (AvgIpc) is 2.78. The lowest BCUT2D eigenvalue weighted by atomic mass is 9.86. The number of methoxy groups -OCH3 is 1. The molecule has 2 bridgehead atoms. The molecule has 0 saturated carbocycles. The molecule has 3 fully saturated rings. The van der Waals surface area contributed by atoms with Crippen LogP contribution in [-0.2, 0) is 16.0 Å². The van der Waals surface area contributed by atoms with E-state index in [0.717, 1.165) is 49.3 Å². The highest BCUT2D eigenvalue weighted by Crippen LogP contribution is 2.31. The summed E-state index contributed by atoms with van der Waals surface area (Å²) < 4.78 is 10.8. The Hall–Kier alpha value is -2.86. The van der Waals surface area contributed by atoms with Crippen molar-refractivity contribution in [3.8, 4) is 0 Å². The van der Waals surface area contributed by atoms with Gasteiger partial charge in [-0.05, 0) is 74.2 Å². The molecule has 1 amide bonds. The van der Waals surface area contributed by atoms with Gasteiger partial charge in [-0.3, -0.25) is 9.80 Å². The minimum absolute atomic E-state index is 0.0472. The van der Waals surface area contributed by atoms with E-state index >= 15 is 0 Å². The number of carbonyl (C=O) groups excluding carboxylic acids is 2. The van der Waals surface area contributed by atoms with E-state index < -0.39 is 0 Å². The molecule has 6 heteroatoms. The molecular formula is C24H28N2O4. The predicted octanol–water partition coefficient (Wildman–Crippen LogP) is 4.02. The minimum Gasteiger partial charge on any atom is -0.465 e. The molecule has 0 N–H and O–H groups in total. The van der Waals surface area contributed by atoms with E-state index in [1.165, 1.54) is 7.11 Å². The van der Waals surface area contributed by atoms with Gasteiger partial charge in [0.25, 0.3) is 0 Å². The van der Waals surface area contributed by atoms with Crippen LogP contribution in [0.5, 0.6) is 0 Å². The lowest BCUT2D eigenvalue weighted by molar-refractivity contribution is -0.0311. The number of nitrogens with zero attached hydrogens (tertiary/aromatic N) is 2. The maximum atomic E-state index is 13.2. The van der Waals surface area contributed by atoms with Crippen LogP contribution in [0.2, 0.25) is 0 Å². The van der Waals surface area contributed by atoms with Gasteiger partial charge in [0.05, 0.1) is 19.2 Å². The quantitative estimate of drug-likeness (QED) is 0.700. The van der Waals surface area contributed by atoms with Gasteiger partial charge in [0, 0.05) is 12.2 Å². The summed E-state index contributed by atoms with van der Waals surface area (Å²) in [7, 11) is 1.36. The summed E-state index contributed by atoms with van der Waals surface area (Å²) >= 11 is 0. The van der Waals surface area contributed by atoms with Crippen molar-refractivity contribution < 1.29 is 19.1 Å². The second-order valence-electron chi connectivity index (χ2n) is 8.17. The molecule has 6 nitrogen and oxygen atoms in total. The van der Waals surface area contributed by atoms with Gasteiger partial charge in [-0.2, -0.15) is 0 Å².